The Balaban J connectivity index is 1.38. The Labute approximate surface area is 225 Å². The number of ketones is 1. The monoisotopic (exact) mass is 532 g/mol. The van der Waals surface area contributed by atoms with Gasteiger partial charge >= 0.3 is 5.97 Å². The lowest BCUT2D eigenvalue weighted by Gasteiger charge is -2.48. The number of benzene rings is 2. The Kier molecular flexibility index (Phi) is 5.89. The number of aliphatic hydroxyl groups is 1. The van der Waals surface area contributed by atoms with Gasteiger partial charge in [0, 0.05) is 18.3 Å². The van der Waals surface area contributed by atoms with Gasteiger partial charge in [0.15, 0.2) is 11.4 Å². The van der Waals surface area contributed by atoms with Crippen molar-refractivity contribution in [2.45, 2.75) is 57.0 Å². The van der Waals surface area contributed by atoms with E-state index in [2.05, 4.69) is 57.2 Å². The van der Waals surface area contributed by atoms with E-state index >= 15 is 0 Å². The van der Waals surface area contributed by atoms with Gasteiger partial charge in [0.1, 0.15) is 12.7 Å². The Bertz CT molecular complexity index is 1230. The van der Waals surface area contributed by atoms with Gasteiger partial charge in [-0.25, -0.2) is 0 Å². The summed E-state index contributed by atoms with van der Waals surface area (Å²) in [4.78, 5) is 26.1. The van der Waals surface area contributed by atoms with Crippen molar-refractivity contribution in [1.82, 2.24) is 0 Å². The quantitative estimate of drug-likeness (QED) is 0.255. The molecule has 0 radical (unpaired) electrons. The minimum absolute atomic E-state index is 0.00704. The third kappa shape index (κ3) is 3.41. The van der Waals surface area contributed by atoms with Crippen LogP contribution in [-0.2, 0) is 23.5 Å². The fourth-order valence-electron chi connectivity index (χ4n) is 7.77. The largest absolute Gasteiger partial charge is 0.465 e. The van der Waals surface area contributed by atoms with E-state index in [0.29, 0.717) is 0 Å². The Morgan fingerprint density at radius 2 is 1.63 bits per heavy atom. The van der Waals surface area contributed by atoms with Gasteiger partial charge in [-0.15, -0.1) is 0 Å². The van der Waals surface area contributed by atoms with Gasteiger partial charge in [-0.3, -0.25) is 9.59 Å². The van der Waals surface area contributed by atoms with Gasteiger partial charge in [0.2, 0.25) is 0 Å². The summed E-state index contributed by atoms with van der Waals surface area (Å²) < 4.78 is 18.8. The van der Waals surface area contributed by atoms with E-state index in [1.54, 1.807) is 0 Å². The van der Waals surface area contributed by atoms with Crippen LogP contribution in [0.25, 0.3) is 0 Å². The lowest BCUT2D eigenvalue weighted by Crippen LogP contribution is -2.68. The normalized spacial score (nSPS) is 35.1. The SMILES string of the molecule is CC(=O)OC[C@@]12[C@@H]3C=C[C@@H](C3)[C@@H]1C(=O)[C@@]1(CO[Si](c3ccccc3)(c3ccccc3)C(C)(C)C)O[C@H]1[C@@H]2O. The fourth-order valence-corrected chi connectivity index (χ4v) is 12.4. The molecule has 6 nitrogen and oxygen atoms in total. The number of carbonyl (C=O) groups excluding carboxylic acids is 2. The molecule has 1 saturated heterocycles. The summed E-state index contributed by atoms with van der Waals surface area (Å²) in [6.45, 7) is 8.07. The minimum atomic E-state index is -2.90. The first-order chi connectivity index (χ1) is 18.1. The number of hydrogen-bond acceptors (Lipinski definition) is 6. The van der Waals surface area contributed by atoms with Crippen molar-refractivity contribution in [3.8, 4) is 0 Å². The van der Waals surface area contributed by atoms with E-state index in [0.717, 1.165) is 16.8 Å². The molecule has 2 aromatic rings. The van der Waals surface area contributed by atoms with Crippen LogP contribution in [0, 0.1) is 23.2 Å². The number of fused-ring (bicyclic) bond motifs is 6. The average Bonchev–Trinajstić information content (AvgIpc) is 3.31. The molecule has 1 heterocycles. The summed E-state index contributed by atoms with van der Waals surface area (Å²) in [5.41, 5.74) is -2.03. The second-order valence-corrected chi connectivity index (χ2v) is 16.8. The van der Waals surface area contributed by atoms with E-state index in [1.807, 2.05) is 36.4 Å². The second kappa shape index (κ2) is 8.71. The van der Waals surface area contributed by atoms with Crippen LogP contribution in [0.2, 0.25) is 5.04 Å². The number of esters is 1. The molecule has 2 aromatic carbocycles. The van der Waals surface area contributed by atoms with Crippen LogP contribution in [0.4, 0.5) is 0 Å². The van der Waals surface area contributed by atoms with Crippen molar-refractivity contribution in [2.24, 2.45) is 23.2 Å². The molecule has 0 unspecified atom stereocenters. The molecular formula is C31H36O6Si. The Morgan fingerprint density at radius 1 is 1.03 bits per heavy atom. The van der Waals surface area contributed by atoms with Crippen LogP contribution in [0.15, 0.2) is 72.8 Å². The zero-order chi connectivity index (χ0) is 26.9. The number of carbonyl (C=O) groups is 2. The lowest BCUT2D eigenvalue weighted by molar-refractivity contribution is -0.163. The van der Waals surface area contributed by atoms with E-state index in [4.69, 9.17) is 13.9 Å². The third-order valence-electron chi connectivity index (χ3n) is 9.54. The number of aliphatic hydroxyl groups excluding tert-OH is 1. The molecule has 2 saturated carbocycles. The van der Waals surface area contributed by atoms with E-state index in [9.17, 15) is 14.7 Å². The van der Waals surface area contributed by atoms with E-state index < -0.39 is 43.4 Å². The summed E-state index contributed by atoms with van der Waals surface area (Å²) in [5, 5.41) is 13.7. The summed E-state index contributed by atoms with van der Waals surface area (Å²) in [6, 6.07) is 20.6. The smallest absolute Gasteiger partial charge is 0.302 e. The summed E-state index contributed by atoms with van der Waals surface area (Å²) in [5.74, 6) is -0.903. The van der Waals surface area contributed by atoms with Gasteiger partial charge in [-0.1, -0.05) is 93.6 Å². The summed E-state index contributed by atoms with van der Waals surface area (Å²) in [7, 11) is -2.90. The minimum Gasteiger partial charge on any atom is -0.465 e. The molecule has 1 aliphatic heterocycles. The number of allylic oxidation sites excluding steroid dienone is 2. The molecule has 3 aliphatic carbocycles. The molecule has 200 valence electrons. The van der Waals surface area contributed by atoms with Gasteiger partial charge in [-0.05, 0) is 33.7 Å². The van der Waals surface area contributed by atoms with Gasteiger partial charge in [0.25, 0.3) is 8.32 Å². The maximum absolute atomic E-state index is 14.3. The number of ether oxygens (including phenoxy) is 2. The average molecular weight is 533 g/mol. The summed E-state index contributed by atoms with van der Waals surface area (Å²) in [6.07, 6.45) is 3.36. The van der Waals surface area contributed by atoms with Crippen molar-refractivity contribution >= 4 is 30.4 Å². The van der Waals surface area contributed by atoms with Crippen LogP contribution in [0.3, 0.4) is 0 Å². The van der Waals surface area contributed by atoms with E-state index in [1.165, 1.54) is 6.92 Å². The molecule has 1 N–H and O–H groups in total. The fraction of sp³-hybridized carbons (Fsp3) is 0.484. The van der Waals surface area contributed by atoms with Crippen molar-refractivity contribution in [3.63, 3.8) is 0 Å². The van der Waals surface area contributed by atoms with Crippen LogP contribution in [0.1, 0.15) is 34.1 Å². The first-order valence-electron chi connectivity index (χ1n) is 13.5. The third-order valence-corrected chi connectivity index (χ3v) is 14.5. The standard InChI is InChI=1S/C31H36O6Si/c1-20(32)35-18-30-22-16-15-21(17-22)25(30)26(33)31(28(37-31)27(30)34)19-36-38(29(2,3)4,23-11-7-5-8-12-23)24-13-9-6-10-14-24/h5-16,21-22,25,27-28,34H,17-19H2,1-4H3/t21-,22+,25+,27-,28-,30+,31+/m0/s1. The van der Waals surface area contributed by atoms with Crippen molar-refractivity contribution in [3.05, 3.63) is 72.8 Å². The molecule has 4 aliphatic rings. The molecule has 3 fully saturated rings. The van der Waals surface area contributed by atoms with Crippen molar-refractivity contribution < 1.29 is 28.6 Å². The van der Waals surface area contributed by atoms with Crippen LogP contribution >= 0.6 is 0 Å². The van der Waals surface area contributed by atoms with Gasteiger partial charge in [0.05, 0.1) is 12.7 Å². The first-order valence-corrected chi connectivity index (χ1v) is 15.5. The Hall–Kier alpha value is -2.58. The molecule has 0 amide bonds. The zero-order valence-electron chi connectivity index (χ0n) is 22.4. The topological polar surface area (TPSA) is 85.4 Å². The molecule has 7 heteroatoms. The van der Waals surface area contributed by atoms with Gasteiger partial charge < -0.3 is 19.0 Å². The number of hydrogen-bond donors (Lipinski definition) is 1. The predicted octanol–water partition coefficient (Wildman–Crippen LogP) is 3.02. The lowest BCUT2D eigenvalue weighted by atomic mass is 9.57. The Morgan fingerprint density at radius 3 is 2.18 bits per heavy atom. The molecule has 7 atom stereocenters. The highest BCUT2D eigenvalue weighted by Crippen LogP contribution is 2.67. The van der Waals surface area contributed by atoms with Crippen molar-refractivity contribution in [1.29, 1.82) is 0 Å². The van der Waals surface area contributed by atoms with Crippen LogP contribution < -0.4 is 10.4 Å². The van der Waals surface area contributed by atoms with Crippen LogP contribution in [-0.4, -0.2) is 56.2 Å². The molecule has 0 aromatic heterocycles. The summed E-state index contributed by atoms with van der Waals surface area (Å²) >= 11 is 0. The predicted molar refractivity (Wildman–Crippen MR) is 145 cm³/mol. The number of Topliss-reactive ketones (excluding diaryl/α,β-unsaturated/α-hetero) is 1. The number of epoxide rings is 1. The van der Waals surface area contributed by atoms with Crippen LogP contribution in [0.5, 0.6) is 0 Å². The van der Waals surface area contributed by atoms with E-state index in [-0.39, 0.29) is 35.9 Å². The molecular weight excluding hydrogens is 496 g/mol. The van der Waals surface area contributed by atoms with Crippen molar-refractivity contribution in [2.75, 3.05) is 13.2 Å². The number of rotatable bonds is 7. The molecule has 0 spiro atoms. The molecule has 38 heavy (non-hydrogen) atoms. The molecule has 2 bridgehead atoms. The zero-order valence-corrected chi connectivity index (χ0v) is 23.4. The maximum Gasteiger partial charge on any atom is 0.302 e. The first kappa shape index (κ1) is 25.7. The maximum atomic E-state index is 14.3. The highest BCUT2D eigenvalue weighted by atomic mass is 28.4. The second-order valence-electron chi connectivity index (χ2n) is 12.5. The highest BCUT2D eigenvalue weighted by Gasteiger charge is 2.80. The highest BCUT2D eigenvalue weighted by molar-refractivity contribution is 6.99. The molecule has 6 rings (SSSR count). The van der Waals surface area contributed by atoms with Gasteiger partial charge in [-0.2, -0.15) is 0 Å².